The number of benzene rings is 1. The lowest BCUT2D eigenvalue weighted by molar-refractivity contribution is -0.0149. The molecule has 0 aliphatic carbocycles. The van der Waals surface area contributed by atoms with Gasteiger partial charge in [-0.2, -0.15) is 4.98 Å². The van der Waals surface area contributed by atoms with Crippen molar-refractivity contribution in [2.24, 2.45) is 0 Å². The molecule has 1 saturated heterocycles. The first-order chi connectivity index (χ1) is 15.7. The molecule has 8 nitrogen and oxygen atoms in total. The minimum absolute atomic E-state index is 0.0200. The number of pyridine rings is 1. The first-order valence-electron chi connectivity index (χ1n) is 10.3. The van der Waals surface area contributed by atoms with E-state index in [-0.39, 0.29) is 11.9 Å². The summed E-state index contributed by atoms with van der Waals surface area (Å²) < 4.78 is 6.07. The molecule has 3 aromatic heterocycles. The molecular weight excluding hydrogens is 426 g/mol. The number of aromatic hydroxyl groups is 1. The van der Waals surface area contributed by atoms with Crippen LogP contribution < -0.4 is 10.1 Å². The van der Waals surface area contributed by atoms with Crippen LogP contribution in [-0.4, -0.2) is 56.8 Å². The zero-order chi connectivity index (χ0) is 22.1. The molecule has 4 heterocycles. The third kappa shape index (κ3) is 3.80. The van der Waals surface area contributed by atoms with E-state index in [0.717, 1.165) is 17.9 Å². The number of nitrogens with zero attached hydrogens (tertiary/aromatic N) is 4. The molecule has 9 heteroatoms. The van der Waals surface area contributed by atoms with E-state index in [1.165, 1.54) is 11.3 Å². The van der Waals surface area contributed by atoms with Crippen LogP contribution in [0.25, 0.3) is 21.7 Å². The van der Waals surface area contributed by atoms with Gasteiger partial charge in [-0.15, -0.1) is 11.3 Å². The monoisotopic (exact) mass is 449 g/mol. The average molecular weight is 450 g/mol. The molecule has 1 aromatic carbocycles. The van der Waals surface area contributed by atoms with E-state index >= 15 is 0 Å². The number of para-hydroxylation sites is 1. The number of aliphatic hydroxyl groups excluding tert-OH is 1. The SMILES string of the molecule is COc1ccccc1C1CN(C(O)c2csc3c(O)nc(-c4ccccn4)nc23)CCN1. The van der Waals surface area contributed by atoms with Crippen LogP contribution in [0.2, 0.25) is 0 Å². The fraction of sp³-hybridized carbons (Fsp3) is 0.261. The molecule has 32 heavy (non-hydrogen) atoms. The van der Waals surface area contributed by atoms with Gasteiger partial charge >= 0.3 is 0 Å². The summed E-state index contributed by atoms with van der Waals surface area (Å²) in [5.74, 6) is 1.04. The van der Waals surface area contributed by atoms with Crippen molar-refractivity contribution in [2.45, 2.75) is 12.3 Å². The highest BCUT2D eigenvalue weighted by Gasteiger charge is 2.30. The average Bonchev–Trinajstić information content (AvgIpc) is 3.29. The number of piperazine rings is 1. The molecular formula is C23H23N5O3S. The van der Waals surface area contributed by atoms with Crippen molar-refractivity contribution in [3.63, 3.8) is 0 Å². The number of aliphatic hydroxyl groups is 1. The van der Waals surface area contributed by atoms with E-state index in [0.29, 0.717) is 40.4 Å². The molecule has 1 aliphatic heterocycles. The van der Waals surface area contributed by atoms with Crippen LogP contribution in [0.1, 0.15) is 23.4 Å². The van der Waals surface area contributed by atoms with Crippen molar-refractivity contribution in [3.8, 4) is 23.1 Å². The molecule has 1 aliphatic rings. The Morgan fingerprint density at radius 1 is 1.19 bits per heavy atom. The van der Waals surface area contributed by atoms with Gasteiger partial charge in [0.25, 0.3) is 0 Å². The summed E-state index contributed by atoms with van der Waals surface area (Å²) in [6.45, 7) is 2.00. The molecule has 0 bridgehead atoms. The maximum absolute atomic E-state index is 11.3. The van der Waals surface area contributed by atoms with Gasteiger partial charge in [0.15, 0.2) is 5.82 Å². The van der Waals surface area contributed by atoms with Gasteiger partial charge in [0.2, 0.25) is 5.88 Å². The lowest BCUT2D eigenvalue weighted by Crippen LogP contribution is -2.47. The number of fused-ring (bicyclic) bond motifs is 1. The molecule has 164 valence electrons. The zero-order valence-electron chi connectivity index (χ0n) is 17.5. The van der Waals surface area contributed by atoms with Crippen LogP contribution in [0.5, 0.6) is 11.6 Å². The first-order valence-corrected chi connectivity index (χ1v) is 11.2. The maximum Gasteiger partial charge on any atom is 0.233 e. The molecule has 0 amide bonds. The van der Waals surface area contributed by atoms with E-state index in [4.69, 9.17) is 4.74 Å². The quantitative estimate of drug-likeness (QED) is 0.427. The summed E-state index contributed by atoms with van der Waals surface area (Å²) in [4.78, 5) is 15.1. The Morgan fingerprint density at radius 3 is 2.84 bits per heavy atom. The van der Waals surface area contributed by atoms with Crippen LogP contribution in [0.3, 0.4) is 0 Å². The van der Waals surface area contributed by atoms with Crippen LogP contribution in [0.4, 0.5) is 0 Å². The van der Waals surface area contributed by atoms with Crippen molar-refractivity contribution in [2.75, 3.05) is 26.7 Å². The fourth-order valence-corrected chi connectivity index (χ4v) is 4.97. The minimum atomic E-state index is -0.867. The van der Waals surface area contributed by atoms with Crippen LogP contribution >= 0.6 is 11.3 Å². The second-order valence-electron chi connectivity index (χ2n) is 7.57. The number of hydrogen-bond donors (Lipinski definition) is 3. The Kier molecular flexibility index (Phi) is 5.71. The van der Waals surface area contributed by atoms with Gasteiger partial charge in [-0.1, -0.05) is 24.3 Å². The highest BCUT2D eigenvalue weighted by molar-refractivity contribution is 7.17. The molecule has 2 atom stereocenters. The summed E-state index contributed by atoms with van der Waals surface area (Å²) in [6, 6.07) is 13.4. The Hall–Kier alpha value is -3.11. The third-order valence-corrected chi connectivity index (χ3v) is 6.65. The normalized spacial score (nSPS) is 18.0. The third-order valence-electron chi connectivity index (χ3n) is 5.66. The highest BCUT2D eigenvalue weighted by Crippen LogP contribution is 2.37. The minimum Gasteiger partial charge on any atom is -0.496 e. The zero-order valence-corrected chi connectivity index (χ0v) is 18.3. The lowest BCUT2D eigenvalue weighted by atomic mass is 10.0. The molecule has 0 spiro atoms. The second-order valence-corrected chi connectivity index (χ2v) is 8.45. The van der Waals surface area contributed by atoms with E-state index in [2.05, 4.69) is 20.3 Å². The van der Waals surface area contributed by atoms with Crippen molar-refractivity contribution >= 4 is 21.6 Å². The van der Waals surface area contributed by atoms with Crippen LogP contribution in [0.15, 0.2) is 54.0 Å². The summed E-state index contributed by atoms with van der Waals surface area (Å²) in [6.07, 6.45) is 0.788. The van der Waals surface area contributed by atoms with Crippen molar-refractivity contribution < 1.29 is 14.9 Å². The van der Waals surface area contributed by atoms with Gasteiger partial charge in [0.1, 0.15) is 22.4 Å². The number of aromatic nitrogens is 3. The number of rotatable bonds is 5. The Balaban J connectivity index is 1.46. The molecule has 5 rings (SSSR count). The van der Waals surface area contributed by atoms with Gasteiger partial charge < -0.3 is 20.3 Å². The predicted molar refractivity (Wildman–Crippen MR) is 123 cm³/mol. The van der Waals surface area contributed by atoms with Gasteiger partial charge in [0, 0.05) is 48.4 Å². The maximum atomic E-state index is 11.3. The van der Waals surface area contributed by atoms with Crippen LogP contribution in [-0.2, 0) is 0 Å². The fourth-order valence-electron chi connectivity index (χ4n) is 4.07. The Labute approximate surface area is 189 Å². The van der Waals surface area contributed by atoms with E-state index in [9.17, 15) is 10.2 Å². The molecule has 0 saturated carbocycles. The number of thiophene rings is 1. The summed E-state index contributed by atoms with van der Waals surface area (Å²) in [5, 5.41) is 27.1. The van der Waals surface area contributed by atoms with Crippen molar-refractivity contribution in [1.82, 2.24) is 25.2 Å². The Bertz CT molecular complexity index is 1230. The van der Waals surface area contributed by atoms with Gasteiger partial charge in [0.05, 0.1) is 12.6 Å². The lowest BCUT2D eigenvalue weighted by Gasteiger charge is -2.37. The molecule has 0 radical (unpaired) electrons. The molecule has 3 N–H and O–H groups in total. The number of methoxy groups -OCH3 is 1. The van der Waals surface area contributed by atoms with Gasteiger partial charge in [-0.05, 0) is 18.2 Å². The molecule has 4 aromatic rings. The number of nitrogens with one attached hydrogen (secondary N) is 1. The van der Waals surface area contributed by atoms with Gasteiger partial charge in [-0.3, -0.25) is 9.88 Å². The highest BCUT2D eigenvalue weighted by atomic mass is 32.1. The number of hydrogen-bond acceptors (Lipinski definition) is 9. The largest absolute Gasteiger partial charge is 0.496 e. The second kappa shape index (κ2) is 8.79. The summed E-state index contributed by atoms with van der Waals surface area (Å²) in [5.41, 5.74) is 2.82. The summed E-state index contributed by atoms with van der Waals surface area (Å²) in [7, 11) is 1.66. The smallest absolute Gasteiger partial charge is 0.233 e. The Morgan fingerprint density at radius 2 is 2.03 bits per heavy atom. The van der Waals surface area contributed by atoms with E-state index in [1.807, 2.05) is 46.7 Å². The summed E-state index contributed by atoms with van der Waals surface area (Å²) >= 11 is 1.32. The first kappa shape index (κ1) is 20.8. The molecule has 1 fully saturated rings. The van der Waals surface area contributed by atoms with E-state index in [1.54, 1.807) is 19.4 Å². The van der Waals surface area contributed by atoms with E-state index < -0.39 is 6.23 Å². The molecule has 2 unspecified atom stereocenters. The van der Waals surface area contributed by atoms with Crippen LogP contribution in [0, 0.1) is 0 Å². The van der Waals surface area contributed by atoms with Crippen molar-refractivity contribution in [3.05, 3.63) is 65.2 Å². The van der Waals surface area contributed by atoms with Crippen molar-refractivity contribution in [1.29, 1.82) is 0 Å². The standard InChI is InChI=1S/C23H23N5O3S/c1-31-18-8-3-2-6-14(18)17-12-28(11-10-25-17)23(30)15-13-32-20-19(15)26-21(27-22(20)29)16-7-4-5-9-24-16/h2-9,13,17,23,25,30H,10-12H2,1H3,(H,26,27,29). The predicted octanol–water partition coefficient (Wildman–Crippen LogP) is 3.10. The van der Waals surface area contributed by atoms with Gasteiger partial charge in [-0.25, -0.2) is 4.98 Å². The topological polar surface area (TPSA) is 104 Å². The number of ether oxygens (including phenoxy) is 1.